The van der Waals surface area contributed by atoms with E-state index in [0.717, 1.165) is 12.8 Å². The molecule has 0 unspecified atom stereocenters. The van der Waals surface area contributed by atoms with E-state index in [2.05, 4.69) is 5.32 Å². The summed E-state index contributed by atoms with van der Waals surface area (Å²) in [7, 11) is 0. The van der Waals surface area contributed by atoms with Crippen LogP contribution in [0.2, 0.25) is 0 Å². The van der Waals surface area contributed by atoms with Crippen LogP contribution >= 0.6 is 0 Å². The van der Waals surface area contributed by atoms with Crippen molar-refractivity contribution in [3.63, 3.8) is 0 Å². The number of hydrogen-bond donors (Lipinski definition) is 1. The molecule has 1 heterocycles. The van der Waals surface area contributed by atoms with Gasteiger partial charge in [0.2, 0.25) is 0 Å². The van der Waals surface area contributed by atoms with Gasteiger partial charge in [0.1, 0.15) is 5.82 Å². The summed E-state index contributed by atoms with van der Waals surface area (Å²) in [5.41, 5.74) is 0.771. The number of likely N-dealkylation sites (tertiary alicyclic amines) is 1. The van der Waals surface area contributed by atoms with Crippen molar-refractivity contribution in [2.24, 2.45) is 5.92 Å². The van der Waals surface area contributed by atoms with Crippen LogP contribution in [0.1, 0.15) is 33.6 Å². The van der Waals surface area contributed by atoms with E-state index in [1.807, 2.05) is 18.2 Å². The maximum absolute atomic E-state index is 13.7. The van der Waals surface area contributed by atoms with Crippen LogP contribution in [0.15, 0.2) is 54.6 Å². The fourth-order valence-electron chi connectivity index (χ4n) is 3.07. The zero-order chi connectivity index (χ0) is 17.6. The molecule has 1 fully saturated rings. The third-order valence-corrected chi connectivity index (χ3v) is 4.59. The average molecular weight is 340 g/mol. The molecule has 130 valence electrons. The summed E-state index contributed by atoms with van der Waals surface area (Å²) in [6.07, 6.45) is 1.60. The Balaban J connectivity index is 1.48. The van der Waals surface area contributed by atoms with Gasteiger partial charge in [-0.2, -0.15) is 0 Å². The molecule has 2 amide bonds. The molecule has 0 spiro atoms. The van der Waals surface area contributed by atoms with Crippen molar-refractivity contribution in [1.29, 1.82) is 0 Å². The zero-order valence-electron chi connectivity index (χ0n) is 14.0. The number of benzene rings is 2. The monoisotopic (exact) mass is 340 g/mol. The normalized spacial score (nSPS) is 15.0. The number of hydrogen-bond acceptors (Lipinski definition) is 2. The molecule has 0 aromatic heterocycles. The second-order valence-electron chi connectivity index (χ2n) is 6.29. The van der Waals surface area contributed by atoms with E-state index in [4.69, 9.17) is 0 Å². The van der Waals surface area contributed by atoms with Gasteiger partial charge in [-0.05, 0) is 43.0 Å². The lowest BCUT2D eigenvalue weighted by molar-refractivity contribution is 0.0679. The summed E-state index contributed by atoms with van der Waals surface area (Å²) >= 11 is 0. The van der Waals surface area contributed by atoms with E-state index in [0.29, 0.717) is 31.1 Å². The average Bonchev–Trinajstić information content (AvgIpc) is 2.67. The number of carbonyl (C=O) groups excluding carboxylic acids is 2. The van der Waals surface area contributed by atoms with Gasteiger partial charge in [0, 0.05) is 25.2 Å². The molecule has 3 rings (SSSR count). The van der Waals surface area contributed by atoms with Crippen molar-refractivity contribution < 1.29 is 14.0 Å². The van der Waals surface area contributed by atoms with Crippen LogP contribution in [0.25, 0.3) is 0 Å². The number of piperidine rings is 1. The van der Waals surface area contributed by atoms with Crippen molar-refractivity contribution in [2.75, 3.05) is 19.6 Å². The van der Waals surface area contributed by atoms with E-state index < -0.39 is 5.82 Å². The fourth-order valence-corrected chi connectivity index (χ4v) is 3.07. The van der Waals surface area contributed by atoms with Crippen LogP contribution in [-0.2, 0) is 0 Å². The molecule has 1 N–H and O–H groups in total. The topological polar surface area (TPSA) is 49.4 Å². The summed E-state index contributed by atoms with van der Waals surface area (Å²) in [5, 5.41) is 2.95. The third kappa shape index (κ3) is 4.24. The van der Waals surface area contributed by atoms with Crippen LogP contribution in [0.5, 0.6) is 0 Å². The first kappa shape index (κ1) is 17.1. The van der Waals surface area contributed by atoms with Crippen LogP contribution in [-0.4, -0.2) is 36.3 Å². The van der Waals surface area contributed by atoms with Crippen molar-refractivity contribution in [3.8, 4) is 0 Å². The number of nitrogens with one attached hydrogen (secondary N) is 1. The molecule has 2 aromatic carbocycles. The highest BCUT2D eigenvalue weighted by molar-refractivity contribution is 5.95. The van der Waals surface area contributed by atoms with Crippen LogP contribution in [0.4, 0.5) is 4.39 Å². The lowest BCUT2D eigenvalue weighted by Crippen LogP contribution is -2.41. The predicted octanol–water partition coefficient (Wildman–Crippen LogP) is 3.11. The molecule has 1 aliphatic rings. The molecule has 0 bridgehead atoms. The standard InChI is InChI=1S/C20H21FN2O2/c21-18-9-5-4-8-17(18)20(25)23-12-10-15(11-13-23)14-22-19(24)16-6-2-1-3-7-16/h1-9,15H,10-14H2,(H,22,24). The van der Waals surface area contributed by atoms with Gasteiger partial charge in [-0.25, -0.2) is 4.39 Å². The molecular weight excluding hydrogens is 319 g/mol. The molecule has 0 radical (unpaired) electrons. The second-order valence-corrected chi connectivity index (χ2v) is 6.29. The van der Waals surface area contributed by atoms with E-state index in [1.165, 1.54) is 12.1 Å². The predicted molar refractivity (Wildman–Crippen MR) is 93.8 cm³/mol. The van der Waals surface area contributed by atoms with Gasteiger partial charge in [0.15, 0.2) is 0 Å². The van der Waals surface area contributed by atoms with Crippen molar-refractivity contribution in [1.82, 2.24) is 10.2 Å². The van der Waals surface area contributed by atoms with Crippen molar-refractivity contribution >= 4 is 11.8 Å². The van der Waals surface area contributed by atoms with E-state index >= 15 is 0 Å². The first-order valence-electron chi connectivity index (χ1n) is 8.52. The molecule has 25 heavy (non-hydrogen) atoms. The largest absolute Gasteiger partial charge is 0.352 e. The maximum atomic E-state index is 13.7. The molecular formula is C20H21FN2O2. The Morgan fingerprint density at radius 1 is 1.00 bits per heavy atom. The smallest absolute Gasteiger partial charge is 0.256 e. The highest BCUT2D eigenvalue weighted by Crippen LogP contribution is 2.19. The minimum absolute atomic E-state index is 0.0783. The third-order valence-electron chi connectivity index (χ3n) is 4.59. The van der Waals surface area contributed by atoms with E-state index in [-0.39, 0.29) is 17.4 Å². The van der Waals surface area contributed by atoms with Gasteiger partial charge in [-0.3, -0.25) is 9.59 Å². The fraction of sp³-hybridized carbons (Fsp3) is 0.300. The molecule has 0 saturated carbocycles. The Labute approximate surface area is 146 Å². The highest BCUT2D eigenvalue weighted by Gasteiger charge is 2.25. The van der Waals surface area contributed by atoms with E-state index in [9.17, 15) is 14.0 Å². The Bertz CT molecular complexity index is 740. The highest BCUT2D eigenvalue weighted by atomic mass is 19.1. The second kappa shape index (κ2) is 7.92. The van der Waals surface area contributed by atoms with Gasteiger partial charge in [0.05, 0.1) is 5.56 Å². The summed E-state index contributed by atoms with van der Waals surface area (Å²) < 4.78 is 13.7. The van der Waals surface area contributed by atoms with Crippen LogP contribution in [0.3, 0.4) is 0 Å². The van der Waals surface area contributed by atoms with Gasteiger partial charge in [-0.15, -0.1) is 0 Å². The quantitative estimate of drug-likeness (QED) is 0.930. The molecule has 0 atom stereocenters. The Kier molecular flexibility index (Phi) is 5.43. The minimum Gasteiger partial charge on any atom is -0.352 e. The first-order valence-corrected chi connectivity index (χ1v) is 8.52. The van der Waals surface area contributed by atoms with Gasteiger partial charge >= 0.3 is 0 Å². The van der Waals surface area contributed by atoms with Crippen LogP contribution < -0.4 is 5.32 Å². The molecule has 1 saturated heterocycles. The van der Waals surface area contributed by atoms with Crippen molar-refractivity contribution in [3.05, 3.63) is 71.5 Å². The molecule has 5 heteroatoms. The zero-order valence-corrected chi connectivity index (χ0v) is 14.0. The SMILES string of the molecule is O=C(NCC1CCN(C(=O)c2ccccc2F)CC1)c1ccccc1. The Morgan fingerprint density at radius 2 is 1.64 bits per heavy atom. The van der Waals surface area contributed by atoms with Gasteiger partial charge in [0.25, 0.3) is 11.8 Å². The van der Waals surface area contributed by atoms with Gasteiger partial charge < -0.3 is 10.2 Å². The molecule has 1 aliphatic heterocycles. The number of nitrogens with zero attached hydrogens (tertiary/aromatic N) is 1. The summed E-state index contributed by atoms with van der Waals surface area (Å²) in [6.45, 7) is 1.76. The summed E-state index contributed by atoms with van der Waals surface area (Å²) in [6, 6.07) is 15.2. The van der Waals surface area contributed by atoms with Crippen molar-refractivity contribution in [2.45, 2.75) is 12.8 Å². The summed E-state index contributed by atoms with van der Waals surface area (Å²) in [5.74, 6) is -0.489. The molecule has 0 aliphatic carbocycles. The van der Waals surface area contributed by atoms with E-state index in [1.54, 1.807) is 29.2 Å². The lowest BCUT2D eigenvalue weighted by Gasteiger charge is -2.32. The molecule has 4 nitrogen and oxygen atoms in total. The number of carbonyl (C=O) groups is 2. The summed E-state index contributed by atoms with van der Waals surface area (Å²) in [4.78, 5) is 26.1. The Hall–Kier alpha value is -2.69. The Morgan fingerprint density at radius 3 is 2.32 bits per heavy atom. The van der Waals surface area contributed by atoms with Crippen LogP contribution in [0, 0.1) is 11.7 Å². The minimum atomic E-state index is -0.482. The molecule has 2 aromatic rings. The maximum Gasteiger partial charge on any atom is 0.256 e. The number of rotatable bonds is 4. The van der Waals surface area contributed by atoms with Gasteiger partial charge in [-0.1, -0.05) is 30.3 Å². The lowest BCUT2D eigenvalue weighted by atomic mass is 9.96. The number of amides is 2. The first-order chi connectivity index (χ1) is 12.1. The number of halogens is 1.